The SMILES string of the molecule is CCN(CC)Oc1ccc(C)c(C(c2cc3c(cc2C)N(CC(C)C)CC3)c2cc3c(cc2C)N(CC(C)C)CC3)c1. The van der Waals surface area contributed by atoms with Gasteiger partial charge in [0, 0.05) is 56.6 Å². The van der Waals surface area contributed by atoms with Crippen LogP contribution in [0.2, 0.25) is 0 Å². The molecule has 3 aromatic rings. The lowest BCUT2D eigenvalue weighted by Gasteiger charge is -2.28. The molecular formula is C38H53N3O. The zero-order chi connectivity index (χ0) is 30.1. The van der Waals surface area contributed by atoms with E-state index in [-0.39, 0.29) is 5.92 Å². The van der Waals surface area contributed by atoms with Gasteiger partial charge in [-0.1, -0.05) is 45.9 Å². The summed E-state index contributed by atoms with van der Waals surface area (Å²) in [5.74, 6) is 2.39. The number of benzene rings is 3. The van der Waals surface area contributed by atoms with Crippen LogP contribution in [-0.4, -0.2) is 44.3 Å². The van der Waals surface area contributed by atoms with E-state index in [0.717, 1.165) is 57.9 Å². The van der Waals surface area contributed by atoms with Crippen LogP contribution >= 0.6 is 0 Å². The lowest BCUT2D eigenvalue weighted by atomic mass is 9.78. The van der Waals surface area contributed by atoms with Crippen molar-refractivity contribution >= 4 is 11.4 Å². The zero-order valence-electron chi connectivity index (χ0n) is 27.7. The van der Waals surface area contributed by atoms with Crippen molar-refractivity contribution in [1.29, 1.82) is 0 Å². The molecule has 0 spiro atoms. The Morgan fingerprint density at radius 3 is 1.60 bits per heavy atom. The first-order valence-electron chi connectivity index (χ1n) is 16.4. The van der Waals surface area contributed by atoms with Crippen molar-refractivity contribution in [2.24, 2.45) is 11.8 Å². The molecule has 4 heteroatoms. The number of rotatable bonds is 11. The van der Waals surface area contributed by atoms with Gasteiger partial charge in [-0.2, -0.15) is 0 Å². The molecule has 2 aliphatic rings. The minimum Gasteiger partial charge on any atom is -0.406 e. The second kappa shape index (κ2) is 12.7. The predicted molar refractivity (Wildman–Crippen MR) is 180 cm³/mol. The highest BCUT2D eigenvalue weighted by Crippen LogP contribution is 2.44. The molecule has 0 unspecified atom stereocenters. The van der Waals surface area contributed by atoms with Gasteiger partial charge in [0.15, 0.2) is 0 Å². The summed E-state index contributed by atoms with van der Waals surface area (Å²) in [4.78, 5) is 11.6. The zero-order valence-corrected chi connectivity index (χ0v) is 27.7. The summed E-state index contributed by atoms with van der Waals surface area (Å²) < 4.78 is 0. The first kappa shape index (κ1) is 30.5. The van der Waals surface area contributed by atoms with Crippen molar-refractivity contribution in [1.82, 2.24) is 5.06 Å². The molecule has 0 amide bonds. The average Bonchev–Trinajstić information content (AvgIpc) is 3.51. The van der Waals surface area contributed by atoms with Crippen molar-refractivity contribution in [2.75, 3.05) is 49.1 Å². The van der Waals surface area contributed by atoms with Gasteiger partial charge in [0.1, 0.15) is 5.75 Å². The first-order chi connectivity index (χ1) is 20.1. The molecule has 0 atom stereocenters. The van der Waals surface area contributed by atoms with E-state index in [4.69, 9.17) is 4.84 Å². The number of anilines is 2. The highest BCUT2D eigenvalue weighted by Gasteiger charge is 2.29. The van der Waals surface area contributed by atoms with E-state index in [0.29, 0.717) is 11.8 Å². The summed E-state index contributed by atoms with van der Waals surface area (Å²) >= 11 is 0. The second-order valence-electron chi connectivity index (χ2n) is 13.5. The molecule has 4 nitrogen and oxygen atoms in total. The number of aryl methyl sites for hydroxylation is 3. The van der Waals surface area contributed by atoms with Crippen molar-refractivity contribution in [3.05, 3.63) is 87.0 Å². The number of fused-ring (bicyclic) bond motifs is 2. The standard InChI is InChI=1S/C38H53N3O/c1-10-41(11-2)42-32-13-12-27(7)35(22-32)38(33-20-30-14-16-39(23-25(3)4)36(30)18-28(33)8)34-21-31-15-17-40(24-26(5)6)37(31)19-29(34)9/h12-13,18-22,25-26,38H,10-11,14-17,23-24H2,1-9H3. The Hall–Kier alpha value is -2.98. The van der Waals surface area contributed by atoms with Gasteiger partial charge in [-0.25, -0.2) is 0 Å². The fourth-order valence-electron chi connectivity index (χ4n) is 7.13. The maximum absolute atomic E-state index is 6.36. The van der Waals surface area contributed by atoms with Crippen LogP contribution < -0.4 is 14.6 Å². The van der Waals surface area contributed by atoms with E-state index in [1.165, 1.54) is 55.9 Å². The lowest BCUT2D eigenvalue weighted by molar-refractivity contribution is -0.0487. The molecular weight excluding hydrogens is 514 g/mol. The van der Waals surface area contributed by atoms with Gasteiger partial charge in [0.05, 0.1) is 0 Å². The van der Waals surface area contributed by atoms with Gasteiger partial charge in [0.2, 0.25) is 0 Å². The van der Waals surface area contributed by atoms with Crippen LogP contribution in [0.5, 0.6) is 5.75 Å². The van der Waals surface area contributed by atoms with Gasteiger partial charge in [-0.05, 0) is 128 Å². The lowest BCUT2D eigenvalue weighted by Crippen LogP contribution is -2.26. The van der Waals surface area contributed by atoms with Gasteiger partial charge in [0.25, 0.3) is 0 Å². The summed E-state index contributed by atoms with van der Waals surface area (Å²) in [5, 5.41) is 2.03. The van der Waals surface area contributed by atoms with E-state index < -0.39 is 0 Å². The minimum atomic E-state index is 0.152. The highest BCUT2D eigenvalue weighted by atomic mass is 16.7. The van der Waals surface area contributed by atoms with Gasteiger partial charge < -0.3 is 14.6 Å². The molecule has 2 aliphatic heterocycles. The number of hydrogen-bond acceptors (Lipinski definition) is 4. The van der Waals surface area contributed by atoms with Gasteiger partial charge in [-0.3, -0.25) is 0 Å². The fraction of sp³-hybridized carbons (Fsp3) is 0.526. The van der Waals surface area contributed by atoms with E-state index in [1.807, 2.05) is 5.06 Å². The molecule has 2 heterocycles. The molecule has 0 aromatic heterocycles. The van der Waals surface area contributed by atoms with E-state index in [1.54, 1.807) is 0 Å². The van der Waals surface area contributed by atoms with Crippen LogP contribution in [0.25, 0.3) is 0 Å². The average molecular weight is 568 g/mol. The van der Waals surface area contributed by atoms with E-state index >= 15 is 0 Å². The molecule has 0 radical (unpaired) electrons. The Morgan fingerprint density at radius 1 is 0.667 bits per heavy atom. The van der Waals surface area contributed by atoms with E-state index in [9.17, 15) is 0 Å². The van der Waals surface area contributed by atoms with Crippen molar-refractivity contribution in [3.8, 4) is 5.75 Å². The van der Waals surface area contributed by atoms with Gasteiger partial charge in [-0.15, -0.1) is 5.06 Å². The Balaban J connectivity index is 1.66. The quantitative estimate of drug-likeness (QED) is 0.171. The van der Waals surface area contributed by atoms with Crippen LogP contribution in [-0.2, 0) is 12.8 Å². The van der Waals surface area contributed by atoms with Crippen LogP contribution in [0, 0.1) is 32.6 Å². The summed E-state index contributed by atoms with van der Waals surface area (Å²) in [6.45, 7) is 26.7. The normalized spacial score (nSPS) is 14.6. The third-order valence-corrected chi connectivity index (χ3v) is 9.21. The molecule has 0 aliphatic carbocycles. The van der Waals surface area contributed by atoms with Crippen LogP contribution in [0.15, 0.2) is 42.5 Å². The Bertz CT molecular complexity index is 1330. The number of nitrogens with zero attached hydrogens (tertiary/aromatic N) is 3. The van der Waals surface area contributed by atoms with Crippen LogP contribution in [0.3, 0.4) is 0 Å². The monoisotopic (exact) mass is 567 g/mol. The summed E-state index contributed by atoms with van der Waals surface area (Å²) in [6.07, 6.45) is 2.25. The summed E-state index contributed by atoms with van der Waals surface area (Å²) in [6, 6.07) is 16.7. The van der Waals surface area contributed by atoms with Gasteiger partial charge >= 0.3 is 0 Å². The molecule has 0 saturated carbocycles. The summed E-state index contributed by atoms with van der Waals surface area (Å²) in [7, 11) is 0. The predicted octanol–water partition coefficient (Wildman–Crippen LogP) is 8.46. The number of hydroxylamine groups is 2. The molecule has 226 valence electrons. The van der Waals surface area contributed by atoms with E-state index in [2.05, 4.69) is 115 Å². The van der Waals surface area contributed by atoms with Crippen LogP contribution in [0.1, 0.15) is 92.0 Å². The topological polar surface area (TPSA) is 19.0 Å². The Labute approximate surface area is 255 Å². The molecule has 0 saturated heterocycles. The largest absolute Gasteiger partial charge is 0.406 e. The van der Waals surface area contributed by atoms with Crippen molar-refractivity contribution in [3.63, 3.8) is 0 Å². The third kappa shape index (κ3) is 6.20. The second-order valence-corrected chi connectivity index (χ2v) is 13.5. The first-order valence-corrected chi connectivity index (χ1v) is 16.4. The molecule has 3 aromatic carbocycles. The van der Waals surface area contributed by atoms with Crippen molar-refractivity contribution < 1.29 is 4.84 Å². The Morgan fingerprint density at radius 2 is 1.14 bits per heavy atom. The molecule has 0 bridgehead atoms. The molecule has 5 rings (SSSR count). The fourth-order valence-corrected chi connectivity index (χ4v) is 7.13. The maximum atomic E-state index is 6.36. The minimum absolute atomic E-state index is 0.152. The smallest absolute Gasteiger partial charge is 0.147 e. The highest BCUT2D eigenvalue weighted by molar-refractivity contribution is 5.67. The summed E-state index contributed by atoms with van der Waals surface area (Å²) in [5.41, 5.74) is 14.2. The van der Waals surface area contributed by atoms with Crippen LogP contribution in [0.4, 0.5) is 11.4 Å². The third-order valence-electron chi connectivity index (χ3n) is 9.21. The molecule has 0 N–H and O–H groups in total. The van der Waals surface area contributed by atoms with Crippen molar-refractivity contribution in [2.45, 2.75) is 81.1 Å². The number of hydrogen-bond donors (Lipinski definition) is 0. The Kier molecular flexibility index (Phi) is 9.23. The molecule has 42 heavy (non-hydrogen) atoms. The molecule has 0 fully saturated rings. The maximum Gasteiger partial charge on any atom is 0.147 e.